The minimum Gasteiger partial charge on any atom is -0.497 e. The SMILES string of the molecule is CNC(=O)NC(=O)COC(=O)CO/N=C\c1ccc(OC)cc1. The molecular formula is C14H17N3O6. The number of carbonyl (C=O) groups is 3. The van der Waals surface area contributed by atoms with Gasteiger partial charge in [-0.2, -0.15) is 0 Å². The van der Waals surface area contributed by atoms with Crippen LogP contribution in [0.15, 0.2) is 29.4 Å². The lowest BCUT2D eigenvalue weighted by molar-refractivity contribution is -0.152. The van der Waals surface area contributed by atoms with Crippen molar-refractivity contribution in [3.63, 3.8) is 0 Å². The zero-order valence-electron chi connectivity index (χ0n) is 12.7. The Balaban J connectivity index is 2.23. The second kappa shape index (κ2) is 9.77. The van der Waals surface area contributed by atoms with Gasteiger partial charge < -0.3 is 19.6 Å². The highest BCUT2D eigenvalue weighted by Gasteiger charge is 2.10. The Labute approximate surface area is 132 Å². The van der Waals surface area contributed by atoms with Crippen LogP contribution in [0.3, 0.4) is 0 Å². The number of nitrogens with one attached hydrogen (secondary N) is 2. The van der Waals surface area contributed by atoms with E-state index in [2.05, 4.69) is 15.2 Å². The Hall–Kier alpha value is -3.10. The summed E-state index contributed by atoms with van der Waals surface area (Å²) in [5.41, 5.74) is 0.754. The molecule has 0 aliphatic heterocycles. The predicted octanol–water partition coefficient (Wildman–Crippen LogP) is 0.0445. The van der Waals surface area contributed by atoms with Gasteiger partial charge in [0.15, 0.2) is 6.61 Å². The average Bonchev–Trinajstić information content (AvgIpc) is 2.57. The Morgan fingerprint density at radius 3 is 2.48 bits per heavy atom. The number of methoxy groups -OCH3 is 1. The van der Waals surface area contributed by atoms with Gasteiger partial charge in [0.2, 0.25) is 6.61 Å². The van der Waals surface area contributed by atoms with Crippen LogP contribution in [0.4, 0.5) is 4.79 Å². The van der Waals surface area contributed by atoms with E-state index in [1.54, 1.807) is 31.4 Å². The molecule has 1 aromatic rings. The summed E-state index contributed by atoms with van der Waals surface area (Å²) in [7, 11) is 2.91. The Kier molecular flexibility index (Phi) is 7.62. The van der Waals surface area contributed by atoms with Crippen LogP contribution in [-0.4, -0.2) is 51.5 Å². The molecule has 0 aromatic heterocycles. The van der Waals surface area contributed by atoms with E-state index in [9.17, 15) is 14.4 Å². The molecule has 9 nitrogen and oxygen atoms in total. The van der Waals surface area contributed by atoms with Crippen molar-refractivity contribution in [1.82, 2.24) is 10.6 Å². The molecule has 1 aromatic carbocycles. The first-order valence-electron chi connectivity index (χ1n) is 6.51. The van der Waals surface area contributed by atoms with Gasteiger partial charge in [0, 0.05) is 7.05 Å². The molecular weight excluding hydrogens is 306 g/mol. The van der Waals surface area contributed by atoms with Crippen molar-refractivity contribution in [3.8, 4) is 5.75 Å². The highest BCUT2D eigenvalue weighted by Crippen LogP contribution is 2.09. The maximum atomic E-state index is 11.3. The van der Waals surface area contributed by atoms with Crippen molar-refractivity contribution in [2.75, 3.05) is 27.4 Å². The van der Waals surface area contributed by atoms with Gasteiger partial charge in [-0.05, 0) is 29.8 Å². The van der Waals surface area contributed by atoms with Gasteiger partial charge in [-0.1, -0.05) is 5.16 Å². The molecule has 0 fully saturated rings. The van der Waals surface area contributed by atoms with Crippen molar-refractivity contribution in [1.29, 1.82) is 0 Å². The van der Waals surface area contributed by atoms with Gasteiger partial charge >= 0.3 is 12.0 Å². The summed E-state index contributed by atoms with van der Waals surface area (Å²) in [6.07, 6.45) is 1.41. The predicted molar refractivity (Wildman–Crippen MR) is 80.1 cm³/mol. The number of esters is 1. The molecule has 0 bridgehead atoms. The molecule has 2 N–H and O–H groups in total. The Morgan fingerprint density at radius 1 is 1.17 bits per heavy atom. The van der Waals surface area contributed by atoms with Crippen molar-refractivity contribution in [2.45, 2.75) is 0 Å². The number of benzene rings is 1. The number of hydrogen-bond donors (Lipinski definition) is 2. The number of hydrogen-bond acceptors (Lipinski definition) is 7. The number of carbonyl (C=O) groups excluding carboxylic acids is 3. The maximum Gasteiger partial charge on any atom is 0.347 e. The number of nitrogens with zero attached hydrogens (tertiary/aromatic N) is 1. The topological polar surface area (TPSA) is 115 Å². The molecule has 0 radical (unpaired) electrons. The van der Waals surface area contributed by atoms with Crippen LogP contribution in [-0.2, 0) is 19.2 Å². The summed E-state index contributed by atoms with van der Waals surface area (Å²) < 4.78 is 9.59. The van der Waals surface area contributed by atoms with Crippen LogP contribution < -0.4 is 15.4 Å². The standard InChI is InChI=1S/C14H17N3O6/c1-15-14(20)17-12(18)8-22-13(19)9-23-16-7-10-3-5-11(21-2)6-4-10/h3-7H,8-9H2,1-2H3,(H2,15,17,18,20)/b16-7-. The van der Waals surface area contributed by atoms with E-state index < -0.39 is 31.1 Å². The van der Waals surface area contributed by atoms with E-state index in [1.807, 2.05) is 5.32 Å². The van der Waals surface area contributed by atoms with Crippen LogP contribution >= 0.6 is 0 Å². The van der Waals surface area contributed by atoms with Crippen molar-refractivity contribution >= 4 is 24.1 Å². The summed E-state index contributed by atoms with van der Waals surface area (Å²) in [6, 6.07) is 6.33. The minimum atomic E-state index is -0.788. The fraction of sp³-hybridized carbons (Fsp3) is 0.286. The second-order valence-electron chi connectivity index (χ2n) is 4.07. The summed E-state index contributed by atoms with van der Waals surface area (Å²) in [5, 5.41) is 7.72. The minimum absolute atomic E-state index is 0.458. The number of amides is 3. The number of imide groups is 1. The third-order valence-electron chi connectivity index (χ3n) is 2.42. The quantitative estimate of drug-likeness (QED) is 0.416. The van der Waals surface area contributed by atoms with Crippen LogP contribution in [0.5, 0.6) is 5.75 Å². The first-order valence-corrected chi connectivity index (χ1v) is 6.51. The van der Waals surface area contributed by atoms with Crippen molar-refractivity contribution in [2.24, 2.45) is 5.16 Å². The molecule has 124 valence electrons. The number of urea groups is 1. The van der Waals surface area contributed by atoms with Crippen LogP contribution in [0, 0.1) is 0 Å². The number of rotatable bonds is 7. The highest BCUT2D eigenvalue weighted by atomic mass is 16.7. The fourth-order valence-corrected chi connectivity index (χ4v) is 1.29. The fourth-order valence-electron chi connectivity index (χ4n) is 1.29. The number of oxime groups is 1. The van der Waals surface area contributed by atoms with Crippen LogP contribution in [0.2, 0.25) is 0 Å². The van der Waals surface area contributed by atoms with E-state index in [-0.39, 0.29) is 0 Å². The maximum absolute atomic E-state index is 11.3. The van der Waals surface area contributed by atoms with E-state index >= 15 is 0 Å². The molecule has 23 heavy (non-hydrogen) atoms. The van der Waals surface area contributed by atoms with Gasteiger partial charge in [0.25, 0.3) is 5.91 Å². The van der Waals surface area contributed by atoms with E-state index in [4.69, 9.17) is 9.57 Å². The van der Waals surface area contributed by atoms with Gasteiger partial charge in [-0.15, -0.1) is 0 Å². The van der Waals surface area contributed by atoms with Crippen LogP contribution in [0.25, 0.3) is 0 Å². The average molecular weight is 323 g/mol. The molecule has 9 heteroatoms. The molecule has 3 amide bonds. The number of ether oxygens (including phenoxy) is 2. The second-order valence-corrected chi connectivity index (χ2v) is 4.07. The van der Waals surface area contributed by atoms with E-state index in [0.29, 0.717) is 5.75 Å². The van der Waals surface area contributed by atoms with Gasteiger partial charge in [0.05, 0.1) is 13.3 Å². The molecule has 0 atom stereocenters. The third-order valence-corrected chi connectivity index (χ3v) is 2.42. The summed E-state index contributed by atoms with van der Waals surface area (Å²) >= 11 is 0. The molecule has 0 unspecified atom stereocenters. The zero-order chi connectivity index (χ0) is 17.1. The van der Waals surface area contributed by atoms with Crippen molar-refractivity contribution < 1.29 is 28.7 Å². The largest absolute Gasteiger partial charge is 0.497 e. The van der Waals surface area contributed by atoms with Crippen LogP contribution in [0.1, 0.15) is 5.56 Å². The molecule has 0 saturated carbocycles. The van der Waals surface area contributed by atoms with Gasteiger partial charge in [0.1, 0.15) is 5.75 Å². The molecule has 0 aliphatic carbocycles. The highest BCUT2D eigenvalue weighted by molar-refractivity contribution is 5.95. The molecule has 0 heterocycles. The van der Waals surface area contributed by atoms with Gasteiger partial charge in [-0.3, -0.25) is 10.1 Å². The lowest BCUT2D eigenvalue weighted by Crippen LogP contribution is -2.39. The monoisotopic (exact) mass is 323 g/mol. The first-order chi connectivity index (χ1) is 11.0. The van der Waals surface area contributed by atoms with E-state index in [0.717, 1.165) is 5.56 Å². The molecule has 1 rings (SSSR count). The zero-order valence-corrected chi connectivity index (χ0v) is 12.7. The lowest BCUT2D eigenvalue weighted by atomic mass is 10.2. The Bertz CT molecular complexity index is 570. The molecule has 0 aliphatic rings. The summed E-state index contributed by atoms with van der Waals surface area (Å²) in [6.45, 7) is -1.04. The first kappa shape index (κ1) is 18.0. The van der Waals surface area contributed by atoms with E-state index in [1.165, 1.54) is 13.3 Å². The van der Waals surface area contributed by atoms with Gasteiger partial charge in [-0.25, -0.2) is 9.59 Å². The Morgan fingerprint density at radius 2 is 1.87 bits per heavy atom. The van der Waals surface area contributed by atoms with Crippen molar-refractivity contribution in [3.05, 3.63) is 29.8 Å². The third kappa shape index (κ3) is 7.46. The lowest BCUT2D eigenvalue weighted by Gasteiger charge is -2.04. The molecule has 0 spiro atoms. The normalized spacial score (nSPS) is 10.0. The summed E-state index contributed by atoms with van der Waals surface area (Å²) in [5.74, 6) is -0.829. The smallest absolute Gasteiger partial charge is 0.347 e. The molecule has 0 saturated heterocycles. The summed E-state index contributed by atoms with van der Waals surface area (Å²) in [4.78, 5) is 38.0.